The molecule has 1 aromatic rings. The van der Waals surface area contributed by atoms with Crippen LogP contribution in [0.4, 0.5) is 17.8 Å². The molecule has 7 heteroatoms. The molecule has 1 rings (SSSR count). The zero-order valence-electron chi connectivity index (χ0n) is 13.8. The van der Waals surface area contributed by atoms with Crippen molar-refractivity contribution < 1.29 is 0 Å². The molecular formula is C14H28N6S. The number of hydrogen-bond acceptors (Lipinski definition) is 7. The van der Waals surface area contributed by atoms with Crippen molar-refractivity contribution in [2.75, 3.05) is 48.0 Å². The van der Waals surface area contributed by atoms with Crippen LogP contribution in [0.5, 0.6) is 0 Å². The Labute approximate surface area is 132 Å². The Hall–Kier alpha value is -1.24. The summed E-state index contributed by atoms with van der Waals surface area (Å²) in [4.78, 5) is 15.5. The molecule has 1 aromatic heterocycles. The lowest BCUT2D eigenvalue weighted by atomic mass is 10.3. The molecule has 0 amide bonds. The van der Waals surface area contributed by atoms with Crippen LogP contribution in [0.25, 0.3) is 0 Å². The first-order valence-corrected chi connectivity index (χ1v) is 8.94. The number of anilines is 3. The van der Waals surface area contributed by atoms with Gasteiger partial charge in [0.25, 0.3) is 0 Å². The molecule has 21 heavy (non-hydrogen) atoms. The van der Waals surface area contributed by atoms with E-state index < -0.39 is 0 Å². The van der Waals surface area contributed by atoms with Gasteiger partial charge in [0, 0.05) is 31.4 Å². The van der Waals surface area contributed by atoms with Crippen LogP contribution in [-0.2, 0) is 0 Å². The van der Waals surface area contributed by atoms with Crippen LogP contribution in [0.15, 0.2) is 0 Å². The van der Waals surface area contributed by atoms with Gasteiger partial charge in [0.1, 0.15) is 0 Å². The van der Waals surface area contributed by atoms with Crippen molar-refractivity contribution in [1.82, 2.24) is 15.0 Å². The van der Waals surface area contributed by atoms with E-state index in [1.54, 1.807) is 0 Å². The summed E-state index contributed by atoms with van der Waals surface area (Å²) in [7, 11) is 0. The van der Waals surface area contributed by atoms with Gasteiger partial charge in [-0.15, -0.1) is 0 Å². The summed E-state index contributed by atoms with van der Waals surface area (Å²) in [6, 6.07) is 0. The van der Waals surface area contributed by atoms with Gasteiger partial charge in [-0.2, -0.15) is 26.7 Å². The maximum atomic E-state index is 4.53. The lowest BCUT2D eigenvalue weighted by Crippen LogP contribution is -2.25. The monoisotopic (exact) mass is 312 g/mol. The molecule has 0 bridgehead atoms. The maximum Gasteiger partial charge on any atom is 0.231 e. The van der Waals surface area contributed by atoms with E-state index in [-0.39, 0.29) is 0 Å². The largest absolute Gasteiger partial charge is 0.354 e. The van der Waals surface area contributed by atoms with Crippen LogP contribution in [0.3, 0.4) is 0 Å². The predicted octanol–water partition coefficient (Wildman–Crippen LogP) is 2.70. The molecule has 0 aliphatic rings. The van der Waals surface area contributed by atoms with Crippen LogP contribution >= 0.6 is 11.8 Å². The van der Waals surface area contributed by atoms with Crippen molar-refractivity contribution >= 4 is 29.6 Å². The Morgan fingerprint density at radius 1 is 1.05 bits per heavy atom. The Balaban J connectivity index is 2.81. The molecule has 0 aromatic carbocycles. The molecular weight excluding hydrogens is 284 g/mol. The predicted molar refractivity (Wildman–Crippen MR) is 93.6 cm³/mol. The Bertz CT molecular complexity index is 410. The molecule has 6 nitrogen and oxygen atoms in total. The lowest BCUT2D eigenvalue weighted by molar-refractivity contribution is 0.804. The first-order valence-electron chi connectivity index (χ1n) is 7.66. The van der Waals surface area contributed by atoms with Crippen LogP contribution in [-0.4, -0.2) is 52.6 Å². The number of thioether (sulfide) groups is 1. The maximum absolute atomic E-state index is 4.53. The van der Waals surface area contributed by atoms with E-state index in [0.29, 0.717) is 17.1 Å². The van der Waals surface area contributed by atoms with Crippen LogP contribution in [0.2, 0.25) is 0 Å². The summed E-state index contributed by atoms with van der Waals surface area (Å²) in [5.74, 6) is 2.01. The second-order valence-electron chi connectivity index (χ2n) is 4.75. The van der Waals surface area contributed by atoms with Crippen molar-refractivity contribution in [3.8, 4) is 0 Å². The van der Waals surface area contributed by atoms with E-state index in [1.807, 2.05) is 18.7 Å². The molecule has 0 spiro atoms. The van der Waals surface area contributed by atoms with E-state index in [2.05, 4.69) is 57.5 Å². The highest BCUT2D eigenvalue weighted by Crippen LogP contribution is 2.14. The van der Waals surface area contributed by atoms with Crippen molar-refractivity contribution in [1.29, 1.82) is 0 Å². The molecule has 0 saturated heterocycles. The van der Waals surface area contributed by atoms with E-state index >= 15 is 0 Å². The highest BCUT2D eigenvalue weighted by atomic mass is 32.2. The third kappa shape index (κ3) is 5.95. The van der Waals surface area contributed by atoms with Crippen LogP contribution in [0.1, 0.15) is 34.1 Å². The Kier molecular flexibility index (Phi) is 8.19. The SMILES string of the molecule is CCNc1nc(NCCC(C)SC)nc(N(CC)CC)n1. The first-order chi connectivity index (χ1) is 10.1. The minimum absolute atomic E-state index is 0.634. The Morgan fingerprint density at radius 3 is 2.19 bits per heavy atom. The van der Waals surface area contributed by atoms with E-state index in [0.717, 1.165) is 38.5 Å². The summed E-state index contributed by atoms with van der Waals surface area (Å²) >= 11 is 1.87. The normalized spacial score (nSPS) is 12.0. The Morgan fingerprint density at radius 2 is 1.67 bits per heavy atom. The molecule has 1 heterocycles. The lowest BCUT2D eigenvalue weighted by Gasteiger charge is -2.20. The van der Waals surface area contributed by atoms with Crippen LogP contribution < -0.4 is 15.5 Å². The fourth-order valence-corrected chi connectivity index (χ4v) is 2.19. The highest BCUT2D eigenvalue weighted by molar-refractivity contribution is 7.99. The number of nitrogens with zero attached hydrogens (tertiary/aromatic N) is 4. The molecule has 0 aliphatic carbocycles. The second kappa shape index (κ2) is 9.65. The zero-order chi connectivity index (χ0) is 15.7. The summed E-state index contributed by atoms with van der Waals surface area (Å²) in [5.41, 5.74) is 0. The molecule has 0 aliphatic heterocycles. The molecule has 2 N–H and O–H groups in total. The number of aromatic nitrogens is 3. The molecule has 1 unspecified atom stereocenters. The molecule has 120 valence electrons. The van der Waals surface area contributed by atoms with E-state index in [9.17, 15) is 0 Å². The van der Waals surface area contributed by atoms with Gasteiger partial charge in [-0.25, -0.2) is 0 Å². The smallest absolute Gasteiger partial charge is 0.231 e. The highest BCUT2D eigenvalue weighted by Gasteiger charge is 2.11. The molecule has 0 saturated carbocycles. The standard InChI is InChI=1S/C14H28N6S/c1-6-15-12-17-13(16-10-9-11(4)21-5)19-14(18-12)20(7-2)8-3/h11H,6-10H2,1-5H3,(H2,15,16,17,18,19). The topological polar surface area (TPSA) is 66.0 Å². The minimum atomic E-state index is 0.634. The van der Waals surface area contributed by atoms with E-state index in [4.69, 9.17) is 0 Å². The molecule has 0 radical (unpaired) electrons. The van der Waals surface area contributed by atoms with Gasteiger partial charge in [0.05, 0.1) is 0 Å². The van der Waals surface area contributed by atoms with E-state index in [1.165, 1.54) is 0 Å². The van der Waals surface area contributed by atoms with Gasteiger partial charge in [-0.1, -0.05) is 6.92 Å². The van der Waals surface area contributed by atoms with Gasteiger partial charge in [0.2, 0.25) is 17.8 Å². The van der Waals surface area contributed by atoms with Crippen molar-refractivity contribution in [3.05, 3.63) is 0 Å². The van der Waals surface area contributed by atoms with Crippen LogP contribution in [0, 0.1) is 0 Å². The fourth-order valence-electron chi connectivity index (χ4n) is 1.83. The fraction of sp³-hybridized carbons (Fsp3) is 0.786. The van der Waals surface area contributed by atoms with Gasteiger partial charge >= 0.3 is 0 Å². The summed E-state index contributed by atoms with van der Waals surface area (Å²) in [6.45, 7) is 11.9. The second-order valence-corrected chi connectivity index (χ2v) is 6.02. The third-order valence-electron chi connectivity index (χ3n) is 3.24. The van der Waals surface area contributed by atoms with Gasteiger partial charge in [-0.05, 0) is 33.4 Å². The number of nitrogens with one attached hydrogen (secondary N) is 2. The van der Waals surface area contributed by atoms with Crippen molar-refractivity contribution in [2.24, 2.45) is 0 Å². The first kappa shape index (κ1) is 17.8. The average molecular weight is 312 g/mol. The third-order valence-corrected chi connectivity index (χ3v) is 4.28. The molecule has 0 fully saturated rings. The van der Waals surface area contributed by atoms with Crippen molar-refractivity contribution in [2.45, 2.75) is 39.4 Å². The minimum Gasteiger partial charge on any atom is -0.354 e. The van der Waals surface area contributed by atoms with Gasteiger partial charge in [0.15, 0.2) is 0 Å². The summed E-state index contributed by atoms with van der Waals surface area (Å²) in [6.07, 6.45) is 3.22. The van der Waals surface area contributed by atoms with Gasteiger partial charge < -0.3 is 15.5 Å². The number of hydrogen-bond donors (Lipinski definition) is 2. The van der Waals surface area contributed by atoms with Gasteiger partial charge in [-0.3, -0.25) is 0 Å². The number of rotatable bonds is 10. The summed E-state index contributed by atoms with van der Waals surface area (Å²) in [5, 5.41) is 7.11. The average Bonchev–Trinajstić information content (AvgIpc) is 2.48. The zero-order valence-corrected chi connectivity index (χ0v) is 14.6. The summed E-state index contributed by atoms with van der Waals surface area (Å²) < 4.78 is 0. The van der Waals surface area contributed by atoms with Crippen molar-refractivity contribution in [3.63, 3.8) is 0 Å². The quantitative estimate of drug-likeness (QED) is 0.688. The molecule has 1 atom stereocenters.